The third kappa shape index (κ3) is 13.9. The highest BCUT2D eigenvalue weighted by atomic mass is 28.3. The molecule has 0 unspecified atom stereocenters. The second-order valence-electron chi connectivity index (χ2n) is 6.42. The molecule has 0 heterocycles. The van der Waals surface area contributed by atoms with Crippen LogP contribution >= 0.6 is 0 Å². The molecule has 0 atom stereocenters. The molecule has 0 saturated heterocycles. The van der Waals surface area contributed by atoms with Gasteiger partial charge in [-0.25, -0.2) is 0 Å². The van der Waals surface area contributed by atoms with Crippen molar-refractivity contribution >= 4 is 9.17 Å². The van der Waals surface area contributed by atoms with E-state index in [2.05, 4.69) is 27.7 Å². The van der Waals surface area contributed by atoms with Crippen LogP contribution in [0.25, 0.3) is 0 Å². The van der Waals surface area contributed by atoms with E-state index in [4.69, 9.17) is 18.9 Å². The van der Waals surface area contributed by atoms with Gasteiger partial charge in [0.05, 0.1) is 0 Å². The van der Waals surface area contributed by atoms with E-state index >= 15 is 0 Å². The number of unbranched alkanes of at least 4 members (excludes halogenated alkanes) is 4. The van der Waals surface area contributed by atoms with Crippen LogP contribution in [0, 0.1) is 0 Å². The summed E-state index contributed by atoms with van der Waals surface area (Å²) in [6, 6.07) is 0. The van der Waals surface area contributed by atoms with Crippen molar-refractivity contribution in [1.29, 1.82) is 0 Å². The Morgan fingerprint density at radius 3 is 1.17 bits per heavy atom. The van der Waals surface area contributed by atoms with Gasteiger partial charge < -0.3 is 9.15 Å². The van der Waals surface area contributed by atoms with Crippen molar-refractivity contribution in [3.8, 4) is 0 Å². The minimum Gasteiger partial charge on any atom is -0.327 e. The van der Waals surface area contributed by atoms with E-state index < -0.39 is 9.17 Å². The molecule has 0 radical (unpaired) electrons. The van der Waals surface area contributed by atoms with Crippen LogP contribution in [0.15, 0.2) is 0 Å². The SMILES string of the molecule is CCCCC(CCCC)OO[Si](=O)OOC(CCCC)CCCC. The first-order chi connectivity index (χ1) is 11.7. The summed E-state index contributed by atoms with van der Waals surface area (Å²) < 4.78 is 21.8. The van der Waals surface area contributed by atoms with Crippen molar-refractivity contribution in [3.05, 3.63) is 0 Å². The predicted molar refractivity (Wildman–Crippen MR) is 96.5 cm³/mol. The van der Waals surface area contributed by atoms with E-state index in [0.29, 0.717) is 0 Å². The largest absolute Gasteiger partial charge is 0.834 e. The Balaban J connectivity index is 4.08. The lowest BCUT2D eigenvalue weighted by molar-refractivity contribution is -0.320. The highest BCUT2D eigenvalue weighted by Gasteiger charge is 2.21. The Morgan fingerprint density at radius 1 is 0.625 bits per heavy atom. The Bertz CT molecular complexity index is 247. The molecule has 0 aromatic heterocycles. The van der Waals surface area contributed by atoms with Crippen molar-refractivity contribution in [1.82, 2.24) is 0 Å². The Morgan fingerprint density at radius 2 is 0.917 bits per heavy atom. The lowest BCUT2D eigenvalue weighted by Gasteiger charge is -2.17. The van der Waals surface area contributed by atoms with Gasteiger partial charge in [0.1, 0.15) is 12.2 Å². The normalized spacial score (nSPS) is 11.2. The topological polar surface area (TPSA) is 54.0 Å². The molecule has 5 nitrogen and oxygen atoms in total. The summed E-state index contributed by atoms with van der Waals surface area (Å²) in [5.74, 6) is 0. The van der Waals surface area contributed by atoms with Gasteiger partial charge in [0.15, 0.2) is 0 Å². The molecule has 0 saturated carbocycles. The van der Waals surface area contributed by atoms with Gasteiger partial charge in [-0.1, -0.05) is 79.1 Å². The van der Waals surface area contributed by atoms with Crippen molar-refractivity contribution in [2.24, 2.45) is 0 Å². The molecule has 0 aliphatic heterocycles. The van der Waals surface area contributed by atoms with Crippen LogP contribution in [-0.2, 0) is 23.4 Å². The van der Waals surface area contributed by atoms with Crippen molar-refractivity contribution in [2.75, 3.05) is 0 Å². The van der Waals surface area contributed by atoms with Crippen LogP contribution in [-0.4, -0.2) is 21.4 Å². The monoisotopic (exact) mass is 362 g/mol. The van der Waals surface area contributed by atoms with Crippen molar-refractivity contribution < 1.29 is 23.4 Å². The fourth-order valence-electron chi connectivity index (χ4n) is 2.44. The highest BCUT2D eigenvalue weighted by molar-refractivity contribution is 6.25. The lowest BCUT2D eigenvalue weighted by atomic mass is 10.1. The molecule has 0 aliphatic rings. The maximum Gasteiger partial charge on any atom is 0.834 e. The molecule has 0 spiro atoms. The number of hydrogen-bond acceptors (Lipinski definition) is 5. The quantitative estimate of drug-likeness (QED) is 0.175. The molecule has 0 fully saturated rings. The standard InChI is InChI=1S/C18H38O5Si/c1-5-9-13-17(14-10-6-2)20-22-24(19)23-21-18(15-11-7-3)16-12-8-4/h17-18H,5-16H2,1-4H3. The lowest BCUT2D eigenvalue weighted by Crippen LogP contribution is -2.23. The molecule has 0 N–H and O–H groups in total. The molecule has 0 amide bonds. The smallest absolute Gasteiger partial charge is 0.327 e. The summed E-state index contributed by atoms with van der Waals surface area (Å²) in [5, 5.41) is 0. The summed E-state index contributed by atoms with van der Waals surface area (Å²) in [4.78, 5) is 10.7. The van der Waals surface area contributed by atoms with Crippen molar-refractivity contribution in [3.63, 3.8) is 0 Å². The van der Waals surface area contributed by atoms with E-state index in [1.807, 2.05) is 0 Å². The molecule has 0 aromatic carbocycles. The van der Waals surface area contributed by atoms with Gasteiger partial charge >= 0.3 is 9.17 Å². The second kappa shape index (κ2) is 17.4. The fraction of sp³-hybridized carbons (Fsp3) is 1.00. The molecule has 6 heteroatoms. The van der Waals surface area contributed by atoms with Gasteiger partial charge in [-0.2, -0.15) is 9.78 Å². The van der Waals surface area contributed by atoms with Gasteiger partial charge in [-0.15, -0.1) is 0 Å². The van der Waals surface area contributed by atoms with E-state index in [1.54, 1.807) is 0 Å². The van der Waals surface area contributed by atoms with E-state index in [1.165, 1.54) is 0 Å². The van der Waals surface area contributed by atoms with Gasteiger partial charge in [-0.3, -0.25) is 4.46 Å². The molecule has 0 bridgehead atoms. The first kappa shape index (κ1) is 23.5. The number of hydrogen-bond donors (Lipinski definition) is 0. The molecular weight excluding hydrogens is 324 g/mol. The second-order valence-corrected chi connectivity index (χ2v) is 7.26. The molecular formula is C18H38O5Si. The summed E-state index contributed by atoms with van der Waals surface area (Å²) in [5.41, 5.74) is 0. The first-order valence-corrected chi connectivity index (χ1v) is 11.1. The third-order valence-electron chi connectivity index (χ3n) is 4.02. The van der Waals surface area contributed by atoms with Crippen LogP contribution in [0.4, 0.5) is 0 Å². The average Bonchev–Trinajstić information content (AvgIpc) is 2.60. The van der Waals surface area contributed by atoms with Crippen LogP contribution < -0.4 is 0 Å². The minimum atomic E-state index is -2.77. The van der Waals surface area contributed by atoms with Crippen LogP contribution in [0.2, 0.25) is 0 Å². The molecule has 0 aromatic rings. The molecule has 0 aliphatic carbocycles. The highest BCUT2D eigenvalue weighted by Crippen LogP contribution is 2.15. The summed E-state index contributed by atoms with van der Waals surface area (Å²) in [6.45, 7) is 8.57. The summed E-state index contributed by atoms with van der Waals surface area (Å²) >= 11 is 0. The van der Waals surface area contributed by atoms with Gasteiger partial charge in [0.25, 0.3) is 0 Å². The van der Waals surface area contributed by atoms with Gasteiger partial charge in [0, 0.05) is 0 Å². The molecule has 0 rings (SSSR count). The zero-order valence-corrected chi connectivity index (χ0v) is 17.2. The zero-order chi connectivity index (χ0) is 18.0. The Hall–Kier alpha value is -0.463. The zero-order valence-electron chi connectivity index (χ0n) is 16.2. The Kier molecular flexibility index (Phi) is 17.0. The average molecular weight is 363 g/mol. The molecule has 24 heavy (non-hydrogen) atoms. The van der Waals surface area contributed by atoms with E-state index in [0.717, 1.165) is 77.0 Å². The number of rotatable bonds is 18. The van der Waals surface area contributed by atoms with Crippen LogP contribution in [0.1, 0.15) is 105 Å². The van der Waals surface area contributed by atoms with Crippen LogP contribution in [0.3, 0.4) is 0 Å². The maximum absolute atomic E-state index is 11.8. The minimum absolute atomic E-state index is 0.0153. The fourth-order valence-corrected chi connectivity index (χ4v) is 2.89. The Labute approximate surface area is 150 Å². The molecule has 144 valence electrons. The van der Waals surface area contributed by atoms with Crippen LogP contribution in [0.5, 0.6) is 0 Å². The van der Waals surface area contributed by atoms with Crippen molar-refractivity contribution in [2.45, 2.75) is 117 Å². The van der Waals surface area contributed by atoms with Gasteiger partial charge in [0.2, 0.25) is 0 Å². The first-order valence-electron chi connectivity index (χ1n) is 9.88. The summed E-state index contributed by atoms with van der Waals surface area (Å²) in [7, 11) is -2.77. The maximum atomic E-state index is 11.8. The van der Waals surface area contributed by atoms with Gasteiger partial charge in [-0.05, 0) is 25.7 Å². The predicted octanol–water partition coefficient (Wildman–Crippen LogP) is 5.80. The summed E-state index contributed by atoms with van der Waals surface area (Å²) in [6.07, 6.45) is 12.4. The van der Waals surface area contributed by atoms with E-state index in [9.17, 15) is 4.46 Å². The third-order valence-corrected chi connectivity index (χ3v) is 4.49. The van der Waals surface area contributed by atoms with E-state index in [-0.39, 0.29) is 12.2 Å².